The molecule has 0 aromatic heterocycles. The van der Waals surface area contributed by atoms with E-state index < -0.39 is 26.1 Å². The van der Waals surface area contributed by atoms with Crippen molar-refractivity contribution in [3.05, 3.63) is 11.6 Å². The number of allylic oxidation sites excluding steroid dienone is 1. The summed E-state index contributed by atoms with van der Waals surface area (Å²) in [6, 6.07) is 0. The topological polar surface area (TPSA) is 105 Å². The number of unbranched alkanes of at least 4 members (excludes halogenated alkanes) is 23. The minimum absolute atomic E-state index is 0.0351. The van der Waals surface area contributed by atoms with Gasteiger partial charge >= 0.3 is 7.82 Å². The summed E-state index contributed by atoms with van der Waals surface area (Å²) in [5.74, 6) is 5.71. The number of carbonyl (C=O) groups is 1. The van der Waals surface area contributed by atoms with Gasteiger partial charge in [-0.15, -0.1) is 5.92 Å². The molecule has 2 unspecified atom stereocenters. The number of hydrogen-bond acceptors (Lipinski definition) is 5. The van der Waals surface area contributed by atoms with Gasteiger partial charge in [0.2, 0.25) is 5.91 Å². The highest BCUT2D eigenvalue weighted by molar-refractivity contribution is 7.47. The molecule has 0 aliphatic rings. The summed E-state index contributed by atoms with van der Waals surface area (Å²) in [5, 5.41) is 14.6. The average Bonchev–Trinajstić information content (AvgIpc) is 3.08. The molecule has 0 bridgehead atoms. The number of likely N-dealkylation sites (N-methyl/N-ethyl adjacent to an activating group) is 1. The molecule has 3 atom stereocenters. The van der Waals surface area contributed by atoms with E-state index in [0.29, 0.717) is 23.0 Å². The smallest absolute Gasteiger partial charge is 0.385 e. The fourth-order valence-electron chi connectivity index (χ4n) is 6.34. The molecule has 0 saturated carbocycles. The highest BCUT2D eigenvalue weighted by Crippen LogP contribution is 2.44. The number of aliphatic hydroxyl groups excluding tert-OH is 1. The average molecular weight is 756 g/mol. The Morgan fingerprint density at radius 1 is 0.750 bits per heavy atom. The van der Waals surface area contributed by atoms with Crippen molar-refractivity contribution in [2.24, 2.45) is 0 Å². The number of phosphoric acid groups is 1. The second-order valence-electron chi connectivity index (χ2n) is 16.3. The number of hydrogen-bond donors (Lipinski definition) is 3. The first-order valence-electron chi connectivity index (χ1n) is 21.3. The Bertz CT molecular complexity index is 1020. The van der Waals surface area contributed by atoms with Gasteiger partial charge in [-0.25, -0.2) is 4.57 Å². The summed E-state index contributed by atoms with van der Waals surface area (Å²) in [5.41, 5.74) is -0.900. The molecular formula is C43H84N2O6P+. The number of carbonyl (C=O) groups excluding carboxylic acids is 1. The van der Waals surface area contributed by atoms with Crippen LogP contribution in [0.4, 0.5) is 0 Å². The molecule has 3 N–H and O–H groups in total. The molecule has 0 aromatic rings. The number of rotatable bonds is 36. The summed E-state index contributed by atoms with van der Waals surface area (Å²) in [4.78, 5) is 23.7. The predicted octanol–water partition coefficient (Wildman–Crippen LogP) is 11.2. The quantitative estimate of drug-likeness (QED) is 0.0254. The maximum absolute atomic E-state index is 13.2. The molecule has 0 aliphatic carbocycles. The maximum atomic E-state index is 13.2. The van der Waals surface area contributed by atoms with Crippen LogP contribution >= 0.6 is 7.82 Å². The Balaban J connectivity index is 5.09. The fourth-order valence-corrected chi connectivity index (χ4v) is 7.15. The van der Waals surface area contributed by atoms with Crippen molar-refractivity contribution in [2.45, 2.75) is 206 Å². The molecule has 1 amide bonds. The maximum Gasteiger partial charge on any atom is 0.472 e. The van der Waals surface area contributed by atoms with Crippen molar-refractivity contribution in [1.29, 1.82) is 0 Å². The molecule has 52 heavy (non-hydrogen) atoms. The number of aliphatic hydroxyl groups is 1. The van der Waals surface area contributed by atoms with Crippen LogP contribution in [0.2, 0.25) is 0 Å². The van der Waals surface area contributed by atoms with E-state index in [9.17, 15) is 19.4 Å². The molecular weight excluding hydrogens is 671 g/mol. The van der Waals surface area contributed by atoms with Crippen LogP contribution in [0, 0.1) is 11.8 Å². The lowest BCUT2D eigenvalue weighted by Gasteiger charge is -2.36. The third-order valence-electron chi connectivity index (χ3n) is 9.82. The highest BCUT2D eigenvalue weighted by Gasteiger charge is 2.39. The van der Waals surface area contributed by atoms with Crippen molar-refractivity contribution >= 4 is 13.7 Å². The molecule has 8 nitrogen and oxygen atoms in total. The van der Waals surface area contributed by atoms with E-state index in [2.05, 4.69) is 31.0 Å². The van der Waals surface area contributed by atoms with Gasteiger partial charge in [-0.2, -0.15) is 0 Å². The van der Waals surface area contributed by atoms with Gasteiger partial charge in [-0.3, -0.25) is 13.8 Å². The lowest BCUT2D eigenvalue weighted by atomic mass is 9.88. The van der Waals surface area contributed by atoms with Crippen molar-refractivity contribution in [3.63, 3.8) is 0 Å². The summed E-state index contributed by atoms with van der Waals surface area (Å²) in [7, 11) is 1.46. The highest BCUT2D eigenvalue weighted by atomic mass is 31.2. The largest absolute Gasteiger partial charge is 0.472 e. The number of phosphoric ester groups is 1. The van der Waals surface area contributed by atoms with Crippen LogP contribution in [0.25, 0.3) is 0 Å². The van der Waals surface area contributed by atoms with Gasteiger partial charge in [0.25, 0.3) is 0 Å². The summed E-state index contributed by atoms with van der Waals surface area (Å²) < 4.78 is 24.0. The molecule has 0 radical (unpaired) electrons. The zero-order chi connectivity index (χ0) is 39.0. The Labute approximate surface area is 321 Å². The van der Waals surface area contributed by atoms with Gasteiger partial charge in [0.15, 0.2) is 0 Å². The van der Waals surface area contributed by atoms with Gasteiger partial charge < -0.3 is 19.8 Å². The van der Waals surface area contributed by atoms with E-state index in [-0.39, 0.29) is 12.5 Å². The predicted molar refractivity (Wildman–Crippen MR) is 220 cm³/mol. The SMILES string of the molecule is CC#CC(=CCCCCCCCCCCCCC)[C@@H](O)C(C)(COP(=O)(O)OCC[N+](C)(C)C)NC(=O)CCCCCCCCCCCCCCC. The van der Waals surface area contributed by atoms with E-state index in [1.165, 1.54) is 122 Å². The van der Waals surface area contributed by atoms with Gasteiger partial charge in [-0.1, -0.05) is 167 Å². The second kappa shape index (κ2) is 32.1. The van der Waals surface area contributed by atoms with Crippen LogP contribution in [0.1, 0.15) is 195 Å². The zero-order valence-corrected chi connectivity index (χ0v) is 36.0. The van der Waals surface area contributed by atoms with Crippen molar-refractivity contribution in [1.82, 2.24) is 5.32 Å². The van der Waals surface area contributed by atoms with E-state index >= 15 is 0 Å². The third-order valence-corrected chi connectivity index (χ3v) is 10.8. The van der Waals surface area contributed by atoms with Crippen LogP contribution < -0.4 is 5.32 Å². The summed E-state index contributed by atoms with van der Waals surface area (Å²) in [6.07, 6.45) is 31.6. The Kier molecular flexibility index (Phi) is 31.3. The van der Waals surface area contributed by atoms with Gasteiger partial charge in [0, 0.05) is 12.0 Å². The van der Waals surface area contributed by atoms with Gasteiger partial charge in [0.1, 0.15) is 19.3 Å². The second-order valence-corrected chi connectivity index (χ2v) is 17.8. The summed E-state index contributed by atoms with van der Waals surface area (Å²) in [6.45, 7) is 8.02. The number of nitrogens with zero attached hydrogens (tertiary/aromatic N) is 1. The van der Waals surface area contributed by atoms with Crippen molar-refractivity contribution < 1.29 is 32.9 Å². The molecule has 0 fully saturated rings. The minimum Gasteiger partial charge on any atom is -0.385 e. The number of amides is 1. The zero-order valence-electron chi connectivity index (χ0n) is 35.1. The molecule has 0 rings (SSSR count). The normalized spacial score (nSPS) is 15.1. The van der Waals surface area contributed by atoms with Crippen LogP contribution in [0.3, 0.4) is 0 Å². The Morgan fingerprint density at radius 3 is 1.60 bits per heavy atom. The molecule has 0 heterocycles. The number of nitrogens with one attached hydrogen (secondary N) is 1. The van der Waals surface area contributed by atoms with Crippen LogP contribution in [0.15, 0.2) is 11.6 Å². The van der Waals surface area contributed by atoms with Crippen LogP contribution in [-0.4, -0.2) is 72.9 Å². The van der Waals surface area contributed by atoms with E-state index in [0.717, 1.165) is 38.5 Å². The van der Waals surface area contributed by atoms with E-state index in [1.807, 2.05) is 27.2 Å². The van der Waals surface area contributed by atoms with Crippen LogP contribution in [-0.2, 0) is 18.4 Å². The summed E-state index contributed by atoms with van der Waals surface area (Å²) >= 11 is 0. The lowest BCUT2D eigenvalue weighted by molar-refractivity contribution is -0.870. The van der Waals surface area contributed by atoms with Crippen molar-refractivity contribution in [3.8, 4) is 11.8 Å². The third kappa shape index (κ3) is 30.2. The van der Waals surface area contributed by atoms with E-state index in [4.69, 9.17) is 9.05 Å². The molecule has 9 heteroatoms. The van der Waals surface area contributed by atoms with E-state index in [1.54, 1.807) is 13.8 Å². The van der Waals surface area contributed by atoms with Gasteiger partial charge in [0.05, 0.1) is 33.3 Å². The van der Waals surface area contributed by atoms with Gasteiger partial charge in [-0.05, 0) is 33.1 Å². The monoisotopic (exact) mass is 756 g/mol. The molecule has 306 valence electrons. The first kappa shape index (κ1) is 50.8. The lowest BCUT2D eigenvalue weighted by Crippen LogP contribution is -2.58. The first-order chi connectivity index (χ1) is 24.8. The fraction of sp³-hybridized carbons (Fsp3) is 0.884. The minimum atomic E-state index is -4.43. The molecule has 0 aliphatic heterocycles. The van der Waals surface area contributed by atoms with Crippen molar-refractivity contribution in [2.75, 3.05) is 40.9 Å². The first-order valence-corrected chi connectivity index (χ1v) is 22.8. The molecule has 0 spiro atoms. The van der Waals surface area contributed by atoms with Crippen LogP contribution in [0.5, 0.6) is 0 Å². The molecule has 0 saturated heterocycles. The Hall–Kier alpha value is -1.20. The molecule has 0 aromatic carbocycles. The Morgan fingerprint density at radius 2 is 1.17 bits per heavy atom. The standard InChI is InChI=1S/C43H83N2O6P/c1-8-11-13-15-17-19-21-23-25-27-29-31-33-36-41(46)44-43(4,39-51-52(48,49)50-38-37-45(5,6)7)42(47)40(34-10-3)35-32-30-28-26-24-22-20-18-16-14-12-9-2/h35,42,47H,8-9,11-33,36-39H2,1-7H3,(H-,44,46,48,49)/p+1/t42-,43?/m1/s1. The number of quaternary nitrogens is 1.